The summed E-state index contributed by atoms with van der Waals surface area (Å²) in [6, 6.07) is 4.93. The van der Waals surface area contributed by atoms with Gasteiger partial charge in [-0.2, -0.15) is 11.8 Å². The van der Waals surface area contributed by atoms with Crippen molar-refractivity contribution in [2.24, 2.45) is 5.92 Å². The lowest BCUT2D eigenvalue weighted by Crippen LogP contribution is -2.33. The Bertz CT molecular complexity index is 464. The van der Waals surface area contributed by atoms with Crippen molar-refractivity contribution in [1.82, 2.24) is 5.32 Å². The van der Waals surface area contributed by atoms with Crippen molar-refractivity contribution in [2.75, 3.05) is 24.7 Å². The number of fused-ring (bicyclic) bond motifs is 1. The molecule has 0 bridgehead atoms. The molecule has 0 saturated heterocycles. The first-order chi connectivity index (χ1) is 10.1. The normalized spacial score (nSPS) is 15.1. The number of rotatable bonds is 8. The maximum absolute atomic E-state index is 5.85. The fourth-order valence-electron chi connectivity index (χ4n) is 2.69. The highest BCUT2D eigenvalue weighted by Gasteiger charge is 2.20. The molecule has 1 unspecified atom stereocenters. The Kier molecular flexibility index (Phi) is 6.90. The number of hydrogen-bond acceptors (Lipinski definition) is 3. The van der Waals surface area contributed by atoms with Gasteiger partial charge >= 0.3 is 0 Å². The van der Waals surface area contributed by atoms with Crippen LogP contribution in [0, 0.1) is 5.92 Å². The molecule has 1 atom stereocenters. The summed E-state index contributed by atoms with van der Waals surface area (Å²) in [5.41, 5.74) is 2.69. The Morgan fingerprint density at radius 1 is 1.33 bits per heavy atom. The molecule has 21 heavy (non-hydrogen) atoms. The molecular formula is C17H26BrNOS. The van der Waals surface area contributed by atoms with E-state index in [0.717, 1.165) is 43.4 Å². The predicted molar refractivity (Wildman–Crippen MR) is 96.7 cm³/mol. The highest BCUT2D eigenvalue weighted by atomic mass is 79.9. The fraction of sp³-hybridized carbons (Fsp3) is 0.647. The minimum absolute atomic E-state index is 0.515. The zero-order valence-corrected chi connectivity index (χ0v) is 15.6. The van der Waals surface area contributed by atoms with Gasteiger partial charge in [0, 0.05) is 22.7 Å². The second kappa shape index (κ2) is 8.44. The van der Waals surface area contributed by atoms with Gasteiger partial charge in [-0.15, -0.1) is 0 Å². The summed E-state index contributed by atoms with van der Waals surface area (Å²) >= 11 is 5.69. The van der Waals surface area contributed by atoms with Crippen molar-refractivity contribution < 1.29 is 4.74 Å². The molecule has 2 rings (SSSR count). The van der Waals surface area contributed by atoms with E-state index in [1.54, 1.807) is 0 Å². The molecule has 1 aromatic rings. The van der Waals surface area contributed by atoms with E-state index >= 15 is 0 Å². The summed E-state index contributed by atoms with van der Waals surface area (Å²) in [7, 11) is 0. The number of halogens is 1. The number of hydrogen-bond donors (Lipinski definition) is 1. The Balaban J connectivity index is 2.03. The van der Waals surface area contributed by atoms with Crippen LogP contribution in [-0.4, -0.2) is 30.7 Å². The lowest BCUT2D eigenvalue weighted by Gasteiger charge is -2.20. The van der Waals surface area contributed by atoms with Crippen molar-refractivity contribution >= 4 is 27.7 Å². The van der Waals surface area contributed by atoms with Gasteiger partial charge in [-0.25, -0.2) is 0 Å². The van der Waals surface area contributed by atoms with Crippen LogP contribution in [-0.2, 0) is 12.8 Å². The minimum Gasteiger partial charge on any atom is -0.493 e. The van der Waals surface area contributed by atoms with Crippen LogP contribution in [0.4, 0.5) is 0 Å². The van der Waals surface area contributed by atoms with E-state index in [1.807, 2.05) is 0 Å². The molecule has 0 fully saturated rings. The smallest absolute Gasteiger partial charge is 0.125 e. The molecule has 118 valence electrons. The number of thioether (sulfide) groups is 1. The number of benzene rings is 1. The number of ether oxygens (including phenoxy) is 1. The summed E-state index contributed by atoms with van der Waals surface area (Å²) in [5.74, 6) is 4.29. The SMILES string of the molecule is CCNC(CSCC(C)C)Cc1cc(Br)cc2c1OCC2. The van der Waals surface area contributed by atoms with E-state index in [4.69, 9.17) is 4.74 Å². The van der Waals surface area contributed by atoms with Gasteiger partial charge in [0.2, 0.25) is 0 Å². The molecule has 0 saturated carbocycles. The average Bonchev–Trinajstić information content (AvgIpc) is 2.86. The third-order valence-electron chi connectivity index (χ3n) is 3.55. The first-order valence-electron chi connectivity index (χ1n) is 7.85. The van der Waals surface area contributed by atoms with Crippen molar-refractivity contribution in [2.45, 2.75) is 39.7 Å². The summed E-state index contributed by atoms with van der Waals surface area (Å²) < 4.78 is 7.02. The lowest BCUT2D eigenvalue weighted by atomic mass is 10.0. The monoisotopic (exact) mass is 371 g/mol. The second-order valence-electron chi connectivity index (χ2n) is 6.04. The van der Waals surface area contributed by atoms with E-state index in [2.05, 4.69) is 65.9 Å². The van der Waals surface area contributed by atoms with Crippen molar-refractivity contribution in [3.8, 4) is 5.75 Å². The van der Waals surface area contributed by atoms with Gasteiger partial charge in [-0.3, -0.25) is 0 Å². The first-order valence-corrected chi connectivity index (χ1v) is 9.80. The van der Waals surface area contributed by atoms with E-state index < -0.39 is 0 Å². The van der Waals surface area contributed by atoms with Crippen LogP contribution in [0.25, 0.3) is 0 Å². The summed E-state index contributed by atoms with van der Waals surface area (Å²) in [6.45, 7) is 8.59. The molecule has 1 heterocycles. The van der Waals surface area contributed by atoms with Crippen molar-refractivity contribution in [3.05, 3.63) is 27.7 Å². The molecular weight excluding hydrogens is 346 g/mol. The average molecular weight is 372 g/mol. The van der Waals surface area contributed by atoms with Crippen LogP contribution in [0.15, 0.2) is 16.6 Å². The van der Waals surface area contributed by atoms with Crippen LogP contribution < -0.4 is 10.1 Å². The molecule has 1 aliphatic heterocycles. The summed E-state index contributed by atoms with van der Waals surface area (Å²) in [6.07, 6.45) is 2.08. The third-order valence-corrected chi connectivity index (χ3v) is 5.55. The van der Waals surface area contributed by atoms with E-state index in [-0.39, 0.29) is 0 Å². The standard InChI is InChI=1S/C17H26BrNOS/c1-4-19-16(11-21-10-12(2)3)9-14-8-15(18)7-13-5-6-20-17(13)14/h7-8,12,16,19H,4-6,9-11H2,1-3H3. The quantitative estimate of drug-likeness (QED) is 0.736. The lowest BCUT2D eigenvalue weighted by molar-refractivity contribution is 0.352. The van der Waals surface area contributed by atoms with Crippen LogP contribution in [0.5, 0.6) is 5.75 Å². The highest BCUT2D eigenvalue weighted by molar-refractivity contribution is 9.10. The largest absolute Gasteiger partial charge is 0.493 e. The van der Waals surface area contributed by atoms with E-state index in [0.29, 0.717) is 6.04 Å². The Morgan fingerprint density at radius 2 is 2.14 bits per heavy atom. The third kappa shape index (κ3) is 5.19. The fourth-order valence-corrected chi connectivity index (χ4v) is 4.37. The number of nitrogens with one attached hydrogen (secondary N) is 1. The zero-order chi connectivity index (χ0) is 15.2. The van der Waals surface area contributed by atoms with Crippen LogP contribution >= 0.6 is 27.7 Å². The maximum atomic E-state index is 5.85. The van der Waals surface area contributed by atoms with Gasteiger partial charge in [0.1, 0.15) is 5.75 Å². The Morgan fingerprint density at radius 3 is 2.86 bits per heavy atom. The van der Waals surface area contributed by atoms with Crippen LogP contribution in [0.3, 0.4) is 0 Å². The Labute approximate surface area is 141 Å². The molecule has 0 amide bonds. The predicted octanol–water partition coefficient (Wildman–Crippen LogP) is 4.29. The number of likely N-dealkylation sites (N-methyl/N-ethyl adjacent to an activating group) is 1. The second-order valence-corrected chi connectivity index (χ2v) is 8.03. The maximum Gasteiger partial charge on any atom is 0.125 e. The van der Waals surface area contributed by atoms with Crippen molar-refractivity contribution in [3.63, 3.8) is 0 Å². The van der Waals surface area contributed by atoms with Gasteiger partial charge in [0.05, 0.1) is 6.61 Å². The highest BCUT2D eigenvalue weighted by Crippen LogP contribution is 2.34. The first kappa shape index (κ1) is 17.2. The summed E-state index contributed by atoms with van der Waals surface area (Å²) in [4.78, 5) is 0. The van der Waals surface area contributed by atoms with Gasteiger partial charge in [-0.1, -0.05) is 36.7 Å². The zero-order valence-electron chi connectivity index (χ0n) is 13.2. The topological polar surface area (TPSA) is 21.3 Å². The van der Waals surface area contributed by atoms with Crippen molar-refractivity contribution in [1.29, 1.82) is 0 Å². The molecule has 4 heteroatoms. The van der Waals surface area contributed by atoms with Crippen LogP contribution in [0.2, 0.25) is 0 Å². The molecule has 1 N–H and O–H groups in total. The molecule has 0 radical (unpaired) electrons. The summed E-state index contributed by atoms with van der Waals surface area (Å²) in [5, 5.41) is 3.62. The molecule has 1 aliphatic rings. The van der Waals surface area contributed by atoms with Gasteiger partial charge < -0.3 is 10.1 Å². The van der Waals surface area contributed by atoms with E-state index in [1.165, 1.54) is 21.4 Å². The van der Waals surface area contributed by atoms with Gasteiger partial charge in [-0.05, 0) is 47.9 Å². The van der Waals surface area contributed by atoms with Gasteiger partial charge in [0.15, 0.2) is 0 Å². The van der Waals surface area contributed by atoms with Gasteiger partial charge in [0.25, 0.3) is 0 Å². The van der Waals surface area contributed by atoms with E-state index in [9.17, 15) is 0 Å². The molecule has 0 aliphatic carbocycles. The Hall–Kier alpha value is -0.190. The molecule has 0 aromatic heterocycles. The molecule has 1 aromatic carbocycles. The molecule has 2 nitrogen and oxygen atoms in total. The minimum atomic E-state index is 0.515. The molecule has 0 spiro atoms. The van der Waals surface area contributed by atoms with Crippen LogP contribution in [0.1, 0.15) is 31.9 Å².